The lowest BCUT2D eigenvalue weighted by Crippen LogP contribution is -2.29. The molecular formula is C29H27FN2O6S. The molecule has 1 unspecified atom stereocenters. The number of thiazole rings is 1. The van der Waals surface area contributed by atoms with Gasteiger partial charge in [-0.05, 0) is 43.2 Å². The quantitative estimate of drug-likeness (QED) is 0.0857. The average molecular weight is 551 g/mol. The van der Waals surface area contributed by atoms with Crippen molar-refractivity contribution in [2.24, 2.45) is 0 Å². The Balaban J connectivity index is 1.82. The molecule has 39 heavy (non-hydrogen) atoms. The monoisotopic (exact) mass is 550 g/mol. The Kier molecular flexibility index (Phi) is 8.55. The number of ketones is 1. The fourth-order valence-electron chi connectivity index (χ4n) is 4.09. The van der Waals surface area contributed by atoms with Gasteiger partial charge in [-0.1, -0.05) is 61.6 Å². The second-order valence-corrected chi connectivity index (χ2v) is 9.73. The zero-order chi connectivity index (χ0) is 28.1. The number of ether oxygens (including phenoxy) is 2. The van der Waals surface area contributed by atoms with Crippen molar-refractivity contribution in [1.29, 1.82) is 0 Å². The second kappa shape index (κ2) is 12.0. The Labute approximate surface area is 229 Å². The van der Waals surface area contributed by atoms with E-state index in [0.717, 1.165) is 29.1 Å². The lowest BCUT2D eigenvalue weighted by atomic mass is 9.95. The summed E-state index contributed by atoms with van der Waals surface area (Å²) in [6.45, 7) is 7.62. The first-order chi connectivity index (χ1) is 18.8. The van der Waals surface area contributed by atoms with E-state index < -0.39 is 35.3 Å². The number of benzene rings is 2. The van der Waals surface area contributed by atoms with Crippen LogP contribution in [0.1, 0.15) is 52.3 Å². The molecule has 10 heteroatoms. The molecule has 0 aliphatic carbocycles. The topological polar surface area (TPSA) is 106 Å². The molecule has 0 radical (unpaired) electrons. The molecule has 1 atom stereocenters. The molecule has 1 fully saturated rings. The van der Waals surface area contributed by atoms with E-state index in [2.05, 4.69) is 11.6 Å². The maximum absolute atomic E-state index is 13.8. The number of unbranched alkanes of at least 4 members (excludes halogenated alkanes) is 1. The summed E-state index contributed by atoms with van der Waals surface area (Å²) in [5, 5.41) is 11.4. The Bertz CT molecular complexity index is 1450. The van der Waals surface area contributed by atoms with Gasteiger partial charge >= 0.3 is 11.9 Å². The number of Topliss-reactive ketones (excluding diaryl/α,β-unsaturated/α-hetero) is 1. The van der Waals surface area contributed by atoms with Crippen LogP contribution in [0.15, 0.2) is 66.8 Å². The smallest absolute Gasteiger partial charge is 0.350 e. The maximum atomic E-state index is 13.8. The first-order valence-electron chi connectivity index (χ1n) is 12.3. The highest BCUT2D eigenvalue weighted by Crippen LogP contribution is 2.44. The summed E-state index contributed by atoms with van der Waals surface area (Å²) in [6.07, 6.45) is 3.22. The highest BCUT2D eigenvalue weighted by molar-refractivity contribution is 7.17. The zero-order valence-corrected chi connectivity index (χ0v) is 22.3. The molecule has 0 spiro atoms. The summed E-state index contributed by atoms with van der Waals surface area (Å²) in [5.74, 6) is -2.96. The minimum absolute atomic E-state index is 0.00712. The van der Waals surface area contributed by atoms with Gasteiger partial charge in [-0.25, -0.2) is 14.2 Å². The van der Waals surface area contributed by atoms with Gasteiger partial charge in [0, 0.05) is 5.56 Å². The van der Waals surface area contributed by atoms with Gasteiger partial charge in [0.15, 0.2) is 5.13 Å². The lowest BCUT2D eigenvalue weighted by Gasteiger charge is -2.23. The number of aliphatic hydroxyl groups excluding tert-OH is 1. The normalized spacial score (nSPS) is 16.4. The number of hydrogen-bond donors (Lipinski definition) is 1. The Morgan fingerprint density at radius 3 is 2.67 bits per heavy atom. The van der Waals surface area contributed by atoms with Crippen LogP contribution in [0.4, 0.5) is 9.52 Å². The van der Waals surface area contributed by atoms with Crippen molar-refractivity contribution >= 4 is 39.9 Å². The van der Waals surface area contributed by atoms with E-state index in [-0.39, 0.29) is 27.8 Å². The number of esters is 1. The molecule has 3 aromatic rings. The number of nitrogens with zero attached hydrogens (tertiary/aromatic N) is 2. The summed E-state index contributed by atoms with van der Waals surface area (Å²) < 4.78 is 24.6. The molecule has 8 nitrogen and oxygen atoms in total. The van der Waals surface area contributed by atoms with E-state index in [1.54, 1.807) is 31.2 Å². The Morgan fingerprint density at radius 2 is 1.97 bits per heavy atom. The number of carbonyl (C=O) groups excluding carboxylic acids is 3. The molecule has 1 aliphatic heterocycles. The number of aliphatic hydroxyl groups is 1. The third-order valence-electron chi connectivity index (χ3n) is 6.01. The molecule has 1 amide bonds. The van der Waals surface area contributed by atoms with Crippen molar-refractivity contribution in [3.8, 4) is 5.75 Å². The van der Waals surface area contributed by atoms with E-state index in [9.17, 15) is 23.9 Å². The summed E-state index contributed by atoms with van der Waals surface area (Å²) in [4.78, 5) is 44.9. The van der Waals surface area contributed by atoms with Gasteiger partial charge in [-0.3, -0.25) is 14.5 Å². The number of amides is 1. The number of hydrogen-bond acceptors (Lipinski definition) is 8. The molecule has 1 N–H and O–H groups in total. The largest absolute Gasteiger partial charge is 0.507 e. The van der Waals surface area contributed by atoms with Crippen molar-refractivity contribution in [2.75, 3.05) is 18.1 Å². The van der Waals surface area contributed by atoms with Crippen molar-refractivity contribution < 1.29 is 33.4 Å². The molecule has 0 bridgehead atoms. The van der Waals surface area contributed by atoms with Gasteiger partial charge in [0.05, 0.1) is 23.9 Å². The Morgan fingerprint density at radius 1 is 1.23 bits per heavy atom. The van der Waals surface area contributed by atoms with Crippen molar-refractivity contribution in [3.63, 3.8) is 0 Å². The van der Waals surface area contributed by atoms with Crippen molar-refractivity contribution in [2.45, 2.75) is 32.7 Å². The molecule has 4 rings (SSSR count). The number of aromatic nitrogens is 1. The number of rotatable bonds is 10. The fourth-order valence-corrected chi connectivity index (χ4v) is 5.08. The molecule has 1 aliphatic rings. The third-order valence-corrected chi connectivity index (χ3v) is 7.15. The Hall–Kier alpha value is -4.31. The maximum Gasteiger partial charge on any atom is 0.350 e. The summed E-state index contributed by atoms with van der Waals surface area (Å²) >= 11 is 0.880. The third kappa shape index (κ3) is 5.75. The van der Waals surface area contributed by atoms with Gasteiger partial charge in [-0.2, -0.15) is 0 Å². The van der Waals surface area contributed by atoms with Gasteiger partial charge in [0.1, 0.15) is 28.8 Å². The van der Waals surface area contributed by atoms with E-state index in [1.165, 1.54) is 30.3 Å². The molecule has 1 aromatic heterocycles. The second-order valence-electron chi connectivity index (χ2n) is 8.75. The van der Waals surface area contributed by atoms with Gasteiger partial charge in [0.25, 0.3) is 5.78 Å². The van der Waals surface area contributed by atoms with E-state index in [1.807, 2.05) is 6.92 Å². The van der Waals surface area contributed by atoms with Crippen LogP contribution in [0.3, 0.4) is 0 Å². The number of aryl methyl sites for hydroxylation is 1. The standard InChI is InChI=1S/C29H27FN2O6S/c1-4-6-15-37-21-9-7-8-19(16-21)24(33)22-23(18-10-12-20(30)13-11-18)32(27(35)25(22)34)29-31-17(3)26(39-29)28(36)38-14-5-2/h5,7-13,16,23,33H,2,4,6,14-15H2,1,3H3. The molecule has 2 heterocycles. The summed E-state index contributed by atoms with van der Waals surface area (Å²) in [6, 6.07) is 10.7. The van der Waals surface area contributed by atoms with Crippen LogP contribution in [0.25, 0.3) is 5.76 Å². The van der Waals surface area contributed by atoms with Crippen LogP contribution in [0.5, 0.6) is 5.75 Å². The van der Waals surface area contributed by atoms with Gasteiger partial charge in [-0.15, -0.1) is 0 Å². The summed E-state index contributed by atoms with van der Waals surface area (Å²) in [7, 11) is 0. The predicted molar refractivity (Wildman–Crippen MR) is 145 cm³/mol. The van der Waals surface area contributed by atoms with Crippen LogP contribution < -0.4 is 9.64 Å². The SMILES string of the molecule is C=CCOC(=O)c1sc(N2C(=O)C(=O)C(=C(O)c3cccc(OCCCC)c3)C2c2ccc(F)cc2)nc1C. The van der Waals surface area contributed by atoms with E-state index in [4.69, 9.17) is 9.47 Å². The molecule has 1 saturated heterocycles. The average Bonchev–Trinajstić information content (AvgIpc) is 3.44. The van der Waals surface area contributed by atoms with E-state index >= 15 is 0 Å². The van der Waals surface area contributed by atoms with Crippen LogP contribution in [0.2, 0.25) is 0 Å². The lowest BCUT2D eigenvalue weighted by molar-refractivity contribution is -0.132. The van der Waals surface area contributed by atoms with Crippen LogP contribution in [0, 0.1) is 12.7 Å². The molecule has 0 saturated carbocycles. The highest BCUT2D eigenvalue weighted by Gasteiger charge is 2.48. The van der Waals surface area contributed by atoms with Crippen LogP contribution >= 0.6 is 11.3 Å². The van der Waals surface area contributed by atoms with Gasteiger partial charge < -0.3 is 14.6 Å². The predicted octanol–water partition coefficient (Wildman–Crippen LogP) is 5.74. The minimum atomic E-state index is -1.13. The van der Waals surface area contributed by atoms with Gasteiger partial charge in [0.2, 0.25) is 0 Å². The van der Waals surface area contributed by atoms with E-state index in [0.29, 0.717) is 23.6 Å². The fraction of sp³-hybridized carbons (Fsp3) is 0.241. The number of carbonyl (C=O) groups is 3. The van der Waals surface area contributed by atoms with Crippen molar-refractivity contribution in [1.82, 2.24) is 4.98 Å². The summed E-state index contributed by atoms with van der Waals surface area (Å²) in [5.41, 5.74) is 0.760. The minimum Gasteiger partial charge on any atom is -0.507 e. The number of halogens is 1. The molecular weight excluding hydrogens is 523 g/mol. The zero-order valence-electron chi connectivity index (χ0n) is 21.5. The first kappa shape index (κ1) is 27.7. The number of anilines is 1. The van der Waals surface area contributed by atoms with Crippen LogP contribution in [-0.2, 0) is 14.3 Å². The highest BCUT2D eigenvalue weighted by atomic mass is 32.1. The van der Waals surface area contributed by atoms with Crippen molar-refractivity contribution in [3.05, 3.63) is 94.3 Å². The van der Waals surface area contributed by atoms with Crippen LogP contribution in [-0.4, -0.2) is 41.0 Å². The molecule has 2 aromatic carbocycles. The first-order valence-corrected chi connectivity index (χ1v) is 13.1. The molecule has 202 valence electrons.